The predicted octanol–water partition coefficient (Wildman–Crippen LogP) is 4.16. The molecule has 5 aromatic rings. The van der Waals surface area contributed by atoms with Gasteiger partial charge in [0.2, 0.25) is 0 Å². The van der Waals surface area contributed by atoms with Crippen LogP contribution in [0.1, 0.15) is 11.1 Å². The van der Waals surface area contributed by atoms with Crippen LogP contribution in [0.5, 0.6) is 23.0 Å². The van der Waals surface area contributed by atoms with Gasteiger partial charge in [-0.05, 0) is 42.8 Å². The maximum atomic E-state index is 10.4. The Morgan fingerprint density at radius 1 is 1.09 bits per heavy atom. The normalized spacial score (nSPS) is 12.7. The molecular weight excluding hydrogens is 408 g/mol. The lowest BCUT2D eigenvalue weighted by Gasteiger charge is -2.13. The van der Waals surface area contributed by atoms with Crippen LogP contribution >= 0.6 is 0 Å². The van der Waals surface area contributed by atoms with Crippen molar-refractivity contribution >= 4 is 28.1 Å². The van der Waals surface area contributed by atoms with E-state index in [2.05, 4.69) is 25.4 Å². The van der Waals surface area contributed by atoms with Gasteiger partial charge in [0.25, 0.3) is 0 Å². The molecule has 2 aromatic carbocycles. The first kappa shape index (κ1) is 18.4. The van der Waals surface area contributed by atoms with Crippen LogP contribution in [0.4, 0.5) is 11.5 Å². The number of pyridine rings is 1. The van der Waals surface area contributed by atoms with Crippen LogP contribution in [-0.2, 0) is 6.42 Å². The van der Waals surface area contributed by atoms with Crippen molar-refractivity contribution in [3.63, 3.8) is 0 Å². The number of fused-ring (bicyclic) bond motifs is 4. The largest absolute Gasteiger partial charge is 0.504 e. The molecule has 9 heteroatoms. The summed E-state index contributed by atoms with van der Waals surface area (Å²) in [7, 11) is 0. The van der Waals surface area contributed by atoms with Crippen molar-refractivity contribution in [3.05, 3.63) is 66.4 Å². The standard InChI is InChI=1S/C23H18N6O3/c1-13-8-14(2-3-19(13)32-15-4-6-29-20(9-15)24-12-27-29)28-23-17-10-18(30)22-16(5-7-31-22)21(17)25-11-26-23/h2-4,6,8-12,30H,5,7H2,1H3,(H,25,26,28). The molecule has 1 aliphatic rings. The molecule has 1 aliphatic heterocycles. The average Bonchev–Trinajstić information content (AvgIpc) is 3.46. The Bertz CT molecular complexity index is 1500. The number of benzene rings is 2. The van der Waals surface area contributed by atoms with Gasteiger partial charge in [-0.15, -0.1) is 0 Å². The van der Waals surface area contributed by atoms with Crippen LogP contribution in [0.2, 0.25) is 0 Å². The maximum absolute atomic E-state index is 10.4. The molecule has 0 aliphatic carbocycles. The Morgan fingerprint density at radius 3 is 2.94 bits per heavy atom. The topological polar surface area (TPSA) is 107 Å². The Morgan fingerprint density at radius 2 is 2.03 bits per heavy atom. The summed E-state index contributed by atoms with van der Waals surface area (Å²) in [4.78, 5) is 13.0. The third kappa shape index (κ3) is 3.02. The predicted molar refractivity (Wildman–Crippen MR) is 118 cm³/mol. The van der Waals surface area contributed by atoms with Crippen LogP contribution in [0.15, 0.2) is 55.2 Å². The summed E-state index contributed by atoms with van der Waals surface area (Å²) in [6, 6.07) is 11.1. The van der Waals surface area contributed by atoms with Gasteiger partial charge in [0.15, 0.2) is 17.1 Å². The van der Waals surface area contributed by atoms with E-state index in [-0.39, 0.29) is 5.75 Å². The van der Waals surface area contributed by atoms with E-state index in [0.29, 0.717) is 36.0 Å². The van der Waals surface area contributed by atoms with Gasteiger partial charge in [-0.1, -0.05) is 0 Å². The molecule has 32 heavy (non-hydrogen) atoms. The van der Waals surface area contributed by atoms with Crippen molar-refractivity contribution in [2.24, 2.45) is 0 Å². The molecular formula is C23H18N6O3. The summed E-state index contributed by atoms with van der Waals surface area (Å²) in [5.41, 5.74) is 4.21. The lowest BCUT2D eigenvalue weighted by molar-refractivity contribution is 0.335. The minimum Gasteiger partial charge on any atom is -0.504 e. The van der Waals surface area contributed by atoms with Gasteiger partial charge >= 0.3 is 0 Å². The third-order valence-corrected chi connectivity index (χ3v) is 5.47. The smallest absolute Gasteiger partial charge is 0.166 e. The van der Waals surface area contributed by atoms with Gasteiger partial charge in [-0.3, -0.25) is 0 Å². The molecule has 0 spiro atoms. The van der Waals surface area contributed by atoms with E-state index in [1.165, 1.54) is 12.7 Å². The molecule has 3 aromatic heterocycles. The molecule has 6 rings (SSSR count). The molecule has 9 nitrogen and oxygen atoms in total. The van der Waals surface area contributed by atoms with Crippen LogP contribution in [0.3, 0.4) is 0 Å². The molecule has 158 valence electrons. The highest BCUT2D eigenvalue weighted by molar-refractivity contribution is 5.95. The highest BCUT2D eigenvalue weighted by Gasteiger charge is 2.22. The number of rotatable bonds is 4. The quantitative estimate of drug-likeness (QED) is 0.441. The molecule has 0 saturated heterocycles. The van der Waals surface area contributed by atoms with Crippen molar-refractivity contribution in [2.75, 3.05) is 11.9 Å². The van der Waals surface area contributed by atoms with Crippen molar-refractivity contribution in [1.29, 1.82) is 0 Å². The second-order valence-corrected chi connectivity index (χ2v) is 7.55. The molecule has 2 N–H and O–H groups in total. The van der Waals surface area contributed by atoms with E-state index in [1.807, 2.05) is 37.3 Å². The van der Waals surface area contributed by atoms with Crippen LogP contribution in [0.25, 0.3) is 16.6 Å². The summed E-state index contributed by atoms with van der Waals surface area (Å²) in [6.45, 7) is 2.52. The number of aromatic nitrogens is 5. The lowest BCUT2D eigenvalue weighted by Crippen LogP contribution is -1.98. The lowest BCUT2D eigenvalue weighted by atomic mass is 10.1. The van der Waals surface area contributed by atoms with E-state index < -0.39 is 0 Å². The van der Waals surface area contributed by atoms with Gasteiger partial charge in [-0.2, -0.15) is 5.10 Å². The summed E-state index contributed by atoms with van der Waals surface area (Å²) in [6.07, 6.45) is 5.54. The van der Waals surface area contributed by atoms with Crippen LogP contribution in [0, 0.1) is 6.92 Å². The number of hydrogen-bond donors (Lipinski definition) is 2. The number of ether oxygens (including phenoxy) is 2. The van der Waals surface area contributed by atoms with E-state index in [4.69, 9.17) is 9.47 Å². The van der Waals surface area contributed by atoms with Gasteiger partial charge in [0.05, 0.1) is 12.1 Å². The number of aryl methyl sites for hydroxylation is 1. The first-order chi connectivity index (χ1) is 15.7. The van der Waals surface area contributed by atoms with Gasteiger partial charge in [-0.25, -0.2) is 19.5 Å². The molecule has 0 radical (unpaired) electrons. The van der Waals surface area contributed by atoms with E-state index in [9.17, 15) is 5.11 Å². The van der Waals surface area contributed by atoms with Crippen molar-refractivity contribution in [2.45, 2.75) is 13.3 Å². The second-order valence-electron chi connectivity index (χ2n) is 7.55. The van der Waals surface area contributed by atoms with Crippen molar-refractivity contribution < 1.29 is 14.6 Å². The minimum absolute atomic E-state index is 0.104. The average molecular weight is 426 g/mol. The molecule has 0 unspecified atom stereocenters. The van der Waals surface area contributed by atoms with Crippen LogP contribution in [-0.4, -0.2) is 36.3 Å². The molecule has 0 amide bonds. The fourth-order valence-corrected chi connectivity index (χ4v) is 3.95. The number of nitrogens with zero attached hydrogens (tertiary/aromatic N) is 5. The van der Waals surface area contributed by atoms with Crippen molar-refractivity contribution in [3.8, 4) is 23.0 Å². The van der Waals surface area contributed by atoms with E-state index >= 15 is 0 Å². The Hall–Kier alpha value is -4.40. The number of anilines is 2. The summed E-state index contributed by atoms with van der Waals surface area (Å²) in [5, 5.41) is 18.5. The number of phenolic OH excluding ortho intramolecular Hbond substituents is 1. The monoisotopic (exact) mass is 426 g/mol. The molecule has 0 bridgehead atoms. The molecule has 4 heterocycles. The first-order valence-corrected chi connectivity index (χ1v) is 10.1. The van der Waals surface area contributed by atoms with Gasteiger partial charge < -0.3 is 19.9 Å². The Balaban J connectivity index is 1.30. The highest BCUT2D eigenvalue weighted by atomic mass is 16.5. The minimum atomic E-state index is 0.104. The number of nitrogens with one attached hydrogen (secondary N) is 1. The zero-order valence-corrected chi connectivity index (χ0v) is 17.1. The van der Waals surface area contributed by atoms with E-state index in [0.717, 1.165) is 33.5 Å². The van der Waals surface area contributed by atoms with Gasteiger partial charge in [0.1, 0.15) is 30.0 Å². The van der Waals surface area contributed by atoms with Gasteiger partial charge in [0, 0.05) is 35.3 Å². The molecule has 0 fully saturated rings. The first-order valence-electron chi connectivity index (χ1n) is 10.1. The SMILES string of the molecule is Cc1cc(Nc2ncnc3c4c(c(O)cc23)OCC4)ccc1Oc1ccn2ncnc2c1. The zero-order valence-electron chi connectivity index (χ0n) is 17.1. The number of aromatic hydroxyl groups is 1. The fourth-order valence-electron chi connectivity index (χ4n) is 3.95. The highest BCUT2D eigenvalue weighted by Crippen LogP contribution is 2.41. The fraction of sp³-hybridized carbons (Fsp3) is 0.130. The number of hydrogen-bond acceptors (Lipinski definition) is 8. The Kier molecular flexibility index (Phi) is 4.07. The second kappa shape index (κ2) is 7.09. The maximum Gasteiger partial charge on any atom is 0.166 e. The van der Waals surface area contributed by atoms with E-state index in [1.54, 1.807) is 16.8 Å². The summed E-state index contributed by atoms with van der Waals surface area (Å²) >= 11 is 0. The Labute approximate surface area is 182 Å². The summed E-state index contributed by atoms with van der Waals surface area (Å²) < 4.78 is 13.3. The van der Waals surface area contributed by atoms with Crippen LogP contribution < -0.4 is 14.8 Å². The summed E-state index contributed by atoms with van der Waals surface area (Å²) in [5.74, 6) is 2.66. The molecule has 0 atom stereocenters. The molecule has 0 saturated carbocycles. The number of phenols is 1. The zero-order chi connectivity index (χ0) is 21.7. The van der Waals surface area contributed by atoms with Crippen molar-refractivity contribution in [1.82, 2.24) is 24.6 Å². The third-order valence-electron chi connectivity index (χ3n) is 5.47.